The molecule has 2 heterocycles. The third-order valence-electron chi connectivity index (χ3n) is 5.71. The van der Waals surface area contributed by atoms with Gasteiger partial charge in [0.05, 0.1) is 22.1 Å². The van der Waals surface area contributed by atoms with Crippen LogP contribution in [0.1, 0.15) is 0 Å². The van der Waals surface area contributed by atoms with E-state index in [1.807, 2.05) is 97.1 Å². The highest BCUT2D eigenvalue weighted by Gasteiger charge is 2.16. The van der Waals surface area contributed by atoms with Gasteiger partial charge in [0.1, 0.15) is 0 Å². The van der Waals surface area contributed by atoms with E-state index in [1.165, 1.54) is 0 Å². The van der Waals surface area contributed by atoms with E-state index in [2.05, 4.69) is 9.35 Å². The van der Waals surface area contributed by atoms with Gasteiger partial charge in [0.25, 0.3) is 0 Å². The number of aromatic nitrogens is 2. The summed E-state index contributed by atoms with van der Waals surface area (Å²) in [4.78, 5) is 26.4. The molecule has 4 heteroatoms. The maximum atomic E-state index is 13.2. The molecule has 0 amide bonds. The first-order valence-corrected chi connectivity index (χ1v) is 9.81. The predicted octanol–water partition coefficient (Wildman–Crippen LogP) is 4.93. The molecule has 30 heavy (non-hydrogen) atoms. The summed E-state index contributed by atoms with van der Waals surface area (Å²) >= 11 is 0. The summed E-state index contributed by atoms with van der Waals surface area (Å²) in [7, 11) is 0. The van der Waals surface area contributed by atoms with Crippen LogP contribution >= 0.6 is 0 Å². The lowest BCUT2D eigenvalue weighted by Crippen LogP contribution is -2.21. The van der Waals surface area contributed by atoms with Crippen LogP contribution in [0.15, 0.2) is 107 Å². The van der Waals surface area contributed by atoms with E-state index in [0.29, 0.717) is 21.5 Å². The molecule has 4 nitrogen and oxygen atoms in total. The molecule has 0 atom stereocenters. The molecule has 142 valence electrons. The second-order valence-corrected chi connectivity index (χ2v) is 7.35. The molecule has 0 saturated carbocycles. The molecule has 0 radical (unpaired) electrons. The van der Waals surface area contributed by atoms with Crippen LogP contribution in [-0.4, -0.2) is 9.35 Å². The van der Waals surface area contributed by atoms with Gasteiger partial charge in [-0.15, -0.1) is 0 Å². The fraction of sp³-hybridized carbons (Fsp3) is 0. The van der Waals surface area contributed by atoms with Crippen LogP contribution in [0.25, 0.3) is 43.6 Å². The van der Waals surface area contributed by atoms with Crippen molar-refractivity contribution in [1.82, 2.24) is 9.35 Å². The van der Waals surface area contributed by atoms with Crippen LogP contribution in [-0.2, 0) is 0 Å². The van der Waals surface area contributed by atoms with Gasteiger partial charge in [0, 0.05) is 21.5 Å². The van der Waals surface area contributed by atoms with Crippen LogP contribution in [0.3, 0.4) is 0 Å². The third kappa shape index (κ3) is 2.16. The molecule has 0 fully saturated rings. The summed E-state index contributed by atoms with van der Waals surface area (Å²) in [6, 6.07) is 30.5. The Labute approximate surface area is 170 Å². The summed E-state index contributed by atoms with van der Waals surface area (Å²) in [5, 5.41) is 2.57. The number of fused-ring (bicyclic) bond motifs is 4. The topological polar surface area (TPSA) is 44.0 Å². The maximum absolute atomic E-state index is 13.2. The van der Waals surface area contributed by atoms with Gasteiger partial charge in [-0.2, -0.15) is 0 Å². The normalized spacial score (nSPS) is 11.6. The molecule has 6 aromatic rings. The zero-order chi connectivity index (χ0) is 20.2. The van der Waals surface area contributed by atoms with Crippen LogP contribution in [0.4, 0.5) is 0 Å². The summed E-state index contributed by atoms with van der Waals surface area (Å²) in [6.07, 6.45) is 0. The highest BCUT2D eigenvalue weighted by atomic mass is 16.1. The van der Waals surface area contributed by atoms with E-state index < -0.39 is 0 Å². The molecule has 6 rings (SSSR count). The van der Waals surface area contributed by atoms with E-state index in [4.69, 9.17) is 0 Å². The van der Waals surface area contributed by atoms with Crippen molar-refractivity contribution in [3.8, 4) is 0 Å². The Kier molecular flexibility index (Phi) is 3.44. The molecule has 0 aliphatic carbocycles. The number of nitrogens with zero attached hydrogens (tertiary/aromatic N) is 2. The van der Waals surface area contributed by atoms with Crippen molar-refractivity contribution in [2.24, 2.45) is 0 Å². The van der Waals surface area contributed by atoms with Crippen molar-refractivity contribution < 1.29 is 0 Å². The molecule has 0 aliphatic heterocycles. The third-order valence-corrected chi connectivity index (χ3v) is 5.71. The van der Waals surface area contributed by atoms with Crippen molar-refractivity contribution in [1.29, 1.82) is 0 Å². The highest BCUT2D eigenvalue weighted by Crippen LogP contribution is 2.25. The van der Waals surface area contributed by atoms with Crippen molar-refractivity contribution in [3.05, 3.63) is 118 Å². The summed E-state index contributed by atoms with van der Waals surface area (Å²) < 4.78 is 4.10. The zero-order valence-corrected chi connectivity index (χ0v) is 15.9. The van der Waals surface area contributed by atoms with Crippen LogP contribution in [0, 0.1) is 0 Å². The minimum absolute atomic E-state index is 0.00658. The number of benzene rings is 4. The van der Waals surface area contributed by atoms with Crippen LogP contribution in [0.2, 0.25) is 0 Å². The van der Waals surface area contributed by atoms with Gasteiger partial charge in [0.15, 0.2) is 10.9 Å². The first-order valence-electron chi connectivity index (χ1n) is 9.81. The number of hydrogen-bond acceptors (Lipinski definition) is 2. The molecular weight excluding hydrogens is 372 g/mol. The molecule has 2 aromatic heterocycles. The van der Waals surface area contributed by atoms with Crippen molar-refractivity contribution in [2.45, 2.75) is 0 Å². The number of para-hydroxylation sites is 4. The van der Waals surface area contributed by atoms with Gasteiger partial charge < -0.3 is 0 Å². The van der Waals surface area contributed by atoms with Crippen LogP contribution < -0.4 is 10.9 Å². The molecule has 0 unspecified atom stereocenters. The monoisotopic (exact) mass is 388 g/mol. The Morgan fingerprint density at radius 2 is 0.600 bits per heavy atom. The van der Waals surface area contributed by atoms with Gasteiger partial charge in [-0.1, -0.05) is 48.5 Å². The highest BCUT2D eigenvalue weighted by molar-refractivity contribution is 5.97. The Morgan fingerprint density at radius 1 is 0.367 bits per heavy atom. The van der Waals surface area contributed by atoms with E-state index >= 15 is 0 Å². The van der Waals surface area contributed by atoms with E-state index in [9.17, 15) is 9.59 Å². The second kappa shape index (κ2) is 6.16. The summed E-state index contributed by atoms with van der Waals surface area (Å²) in [6.45, 7) is 0. The first kappa shape index (κ1) is 16.7. The maximum Gasteiger partial charge on any atom is 0.197 e. The molecule has 0 saturated heterocycles. The second-order valence-electron chi connectivity index (χ2n) is 7.35. The van der Waals surface area contributed by atoms with Crippen molar-refractivity contribution in [2.75, 3.05) is 0 Å². The fourth-order valence-electron chi connectivity index (χ4n) is 4.38. The van der Waals surface area contributed by atoms with E-state index in [0.717, 1.165) is 22.1 Å². The van der Waals surface area contributed by atoms with Gasteiger partial charge in [0.2, 0.25) is 0 Å². The average Bonchev–Trinajstić information content (AvgIpc) is 2.81. The Morgan fingerprint density at radius 3 is 0.867 bits per heavy atom. The van der Waals surface area contributed by atoms with E-state index in [1.54, 1.807) is 0 Å². The molecule has 0 aliphatic rings. The predicted molar refractivity (Wildman–Crippen MR) is 122 cm³/mol. The molecule has 0 N–H and O–H groups in total. The SMILES string of the molecule is O=c1c2ccccc2n(-n2c3ccccc3c(=O)c3ccccc32)c2ccccc12. The van der Waals surface area contributed by atoms with Gasteiger partial charge in [-0.05, 0) is 48.5 Å². The first-order chi connectivity index (χ1) is 14.8. The fourth-order valence-corrected chi connectivity index (χ4v) is 4.38. The van der Waals surface area contributed by atoms with Crippen molar-refractivity contribution >= 4 is 43.6 Å². The molecule has 0 spiro atoms. The standard InChI is InChI=1S/C26H16N2O2/c29-25-17-9-1-5-13-21(17)27(22-14-6-2-10-18(22)25)28-23-15-7-3-11-19(23)26(30)20-12-4-8-16-24(20)28/h1-16H. The molecule has 4 aromatic carbocycles. The average molecular weight is 388 g/mol. The van der Waals surface area contributed by atoms with Gasteiger partial charge in [-0.25, -0.2) is 9.35 Å². The Hall–Kier alpha value is -4.18. The summed E-state index contributed by atoms with van der Waals surface area (Å²) in [5.74, 6) is 0. The molecule has 0 bridgehead atoms. The lowest BCUT2D eigenvalue weighted by atomic mass is 10.1. The largest absolute Gasteiger partial charge is 0.288 e. The van der Waals surface area contributed by atoms with E-state index in [-0.39, 0.29) is 10.9 Å². The molecular formula is C26H16N2O2. The quantitative estimate of drug-likeness (QED) is 0.375. The van der Waals surface area contributed by atoms with Crippen LogP contribution in [0.5, 0.6) is 0 Å². The van der Waals surface area contributed by atoms with Crippen molar-refractivity contribution in [3.63, 3.8) is 0 Å². The van der Waals surface area contributed by atoms with Gasteiger partial charge >= 0.3 is 0 Å². The number of rotatable bonds is 1. The smallest absolute Gasteiger partial charge is 0.197 e. The lowest BCUT2D eigenvalue weighted by molar-refractivity contribution is 0.764. The Balaban J connectivity index is 2.00. The number of hydrogen-bond donors (Lipinski definition) is 0. The Bertz CT molecular complexity index is 1490. The van der Waals surface area contributed by atoms with Gasteiger partial charge in [-0.3, -0.25) is 9.59 Å². The zero-order valence-electron chi connectivity index (χ0n) is 15.9. The minimum atomic E-state index is 0.00658. The lowest BCUT2D eigenvalue weighted by Gasteiger charge is -2.22. The number of pyridine rings is 2. The summed E-state index contributed by atoms with van der Waals surface area (Å²) in [5.41, 5.74) is 3.18. The minimum Gasteiger partial charge on any atom is -0.288 e.